The number of carboxylic acids is 4. The van der Waals surface area contributed by atoms with Crippen molar-refractivity contribution in [3.63, 3.8) is 0 Å². The Bertz CT molecular complexity index is 927. The van der Waals surface area contributed by atoms with Crippen molar-refractivity contribution in [2.45, 2.75) is 5.41 Å². The van der Waals surface area contributed by atoms with Crippen molar-refractivity contribution in [2.24, 2.45) is 0 Å². The molecule has 152 valence electrons. The maximum Gasteiger partial charge on any atom is 0.336 e. The predicted octanol–water partition coefficient (Wildman–Crippen LogP) is 1.56. The average Bonchev–Trinajstić information content (AvgIpc) is 2.67. The largest absolute Gasteiger partial charge is 0.497 e. The van der Waals surface area contributed by atoms with Gasteiger partial charge in [-0.05, 0) is 36.4 Å². The maximum absolute atomic E-state index is 12.4. The van der Waals surface area contributed by atoms with E-state index in [0.717, 1.165) is 24.3 Å². The standard InChI is InChI=1S/C19H16O10/c1-28-9-3-5-11(15(20)21)13(7-9)19(17(24)25,18(26)27)14-8-10(29-2)4-6-12(14)16(22)23/h3-8H,1-2H3,(H,20,21)(H,22,23)(H,24,25)(H,26,27). The van der Waals surface area contributed by atoms with Crippen molar-refractivity contribution in [1.82, 2.24) is 0 Å². The highest BCUT2D eigenvalue weighted by Gasteiger charge is 2.54. The summed E-state index contributed by atoms with van der Waals surface area (Å²) in [7, 11) is 2.44. The number of aromatic carboxylic acids is 2. The van der Waals surface area contributed by atoms with Crippen molar-refractivity contribution < 1.29 is 49.1 Å². The van der Waals surface area contributed by atoms with E-state index in [2.05, 4.69) is 0 Å². The molecule has 0 saturated carbocycles. The van der Waals surface area contributed by atoms with Crippen LogP contribution < -0.4 is 9.47 Å². The van der Waals surface area contributed by atoms with Crippen LogP contribution in [0.15, 0.2) is 36.4 Å². The Balaban J connectivity index is 3.12. The Morgan fingerprint density at radius 3 is 1.28 bits per heavy atom. The van der Waals surface area contributed by atoms with E-state index in [4.69, 9.17) is 9.47 Å². The van der Waals surface area contributed by atoms with E-state index < -0.39 is 51.5 Å². The van der Waals surface area contributed by atoms with E-state index in [1.165, 1.54) is 26.4 Å². The summed E-state index contributed by atoms with van der Waals surface area (Å²) in [4.78, 5) is 48.2. The monoisotopic (exact) mass is 404 g/mol. The van der Waals surface area contributed by atoms with E-state index in [-0.39, 0.29) is 11.5 Å². The van der Waals surface area contributed by atoms with Crippen LogP contribution in [0.5, 0.6) is 11.5 Å². The highest BCUT2D eigenvalue weighted by atomic mass is 16.5. The molecule has 0 saturated heterocycles. The molecule has 0 spiro atoms. The molecule has 0 unspecified atom stereocenters. The maximum atomic E-state index is 12.4. The minimum absolute atomic E-state index is 0.0170. The molecule has 2 aromatic carbocycles. The van der Waals surface area contributed by atoms with Gasteiger partial charge in [-0.3, -0.25) is 9.59 Å². The molecule has 0 bridgehead atoms. The Morgan fingerprint density at radius 1 is 0.690 bits per heavy atom. The zero-order chi connectivity index (χ0) is 21.9. The second-order valence-electron chi connectivity index (χ2n) is 5.79. The van der Waals surface area contributed by atoms with Crippen molar-refractivity contribution in [2.75, 3.05) is 14.2 Å². The summed E-state index contributed by atoms with van der Waals surface area (Å²) in [6.07, 6.45) is 0. The molecule has 2 rings (SSSR count). The quantitative estimate of drug-likeness (QED) is 0.474. The fourth-order valence-electron chi connectivity index (χ4n) is 2.99. The Morgan fingerprint density at radius 2 is 1.03 bits per heavy atom. The summed E-state index contributed by atoms with van der Waals surface area (Å²) in [5.74, 6) is -7.22. The molecule has 0 aliphatic rings. The molecule has 0 radical (unpaired) electrons. The van der Waals surface area contributed by atoms with Gasteiger partial charge in [0.05, 0.1) is 25.3 Å². The van der Waals surface area contributed by atoms with Crippen LogP contribution in [-0.2, 0) is 15.0 Å². The minimum Gasteiger partial charge on any atom is -0.497 e. The van der Waals surface area contributed by atoms with Crippen LogP contribution in [0.1, 0.15) is 31.8 Å². The number of ether oxygens (including phenoxy) is 2. The molecule has 4 N–H and O–H groups in total. The van der Waals surface area contributed by atoms with Crippen LogP contribution in [0.4, 0.5) is 0 Å². The van der Waals surface area contributed by atoms with Gasteiger partial charge >= 0.3 is 23.9 Å². The molecular weight excluding hydrogens is 388 g/mol. The summed E-state index contributed by atoms with van der Waals surface area (Å²) < 4.78 is 9.97. The van der Waals surface area contributed by atoms with E-state index in [1.54, 1.807) is 0 Å². The van der Waals surface area contributed by atoms with Crippen molar-refractivity contribution >= 4 is 23.9 Å². The molecule has 0 aromatic heterocycles. The lowest BCUT2D eigenvalue weighted by Crippen LogP contribution is -2.47. The molecule has 10 nitrogen and oxygen atoms in total. The van der Waals surface area contributed by atoms with Crippen LogP contribution >= 0.6 is 0 Å². The first-order valence-corrected chi connectivity index (χ1v) is 7.91. The molecule has 0 aliphatic carbocycles. The molecule has 2 aromatic rings. The normalized spacial score (nSPS) is 10.8. The molecule has 0 atom stereocenters. The first-order valence-electron chi connectivity index (χ1n) is 7.91. The number of aliphatic carboxylic acids is 2. The zero-order valence-electron chi connectivity index (χ0n) is 15.2. The third kappa shape index (κ3) is 3.43. The summed E-state index contributed by atoms with van der Waals surface area (Å²) in [5.41, 5.74) is -5.73. The van der Waals surface area contributed by atoms with Gasteiger partial charge in [-0.1, -0.05) is 0 Å². The van der Waals surface area contributed by atoms with Gasteiger partial charge in [0.2, 0.25) is 5.41 Å². The number of hydrogen-bond acceptors (Lipinski definition) is 6. The van der Waals surface area contributed by atoms with Crippen molar-refractivity contribution in [1.29, 1.82) is 0 Å². The molecule has 0 fully saturated rings. The minimum atomic E-state index is -3.08. The number of benzene rings is 2. The molecule has 0 amide bonds. The van der Waals surface area contributed by atoms with Gasteiger partial charge in [-0.15, -0.1) is 0 Å². The van der Waals surface area contributed by atoms with E-state index in [9.17, 15) is 39.6 Å². The number of carbonyl (C=O) groups is 4. The lowest BCUT2D eigenvalue weighted by Gasteiger charge is -2.29. The number of methoxy groups -OCH3 is 2. The topological polar surface area (TPSA) is 168 Å². The van der Waals surface area contributed by atoms with E-state index in [1.807, 2.05) is 0 Å². The fraction of sp³-hybridized carbons (Fsp3) is 0.158. The number of rotatable bonds is 8. The third-order valence-corrected chi connectivity index (χ3v) is 4.36. The van der Waals surface area contributed by atoms with Crippen LogP contribution in [0.25, 0.3) is 0 Å². The van der Waals surface area contributed by atoms with Crippen LogP contribution in [0, 0.1) is 0 Å². The zero-order valence-corrected chi connectivity index (χ0v) is 15.2. The first-order chi connectivity index (χ1) is 13.6. The second kappa shape index (κ2) is 7.89. The van der Waals surface area contributed by atoms with Gasteiger partial charge in [-0.25, -0.2) is 9.59 Å². The SMILES string of the molecule is COc1ccc(C(=O)O)c(C(C(=O)O)(C(=O)O)c2cc(OC)ccc2C(=O)O)c1. The first kappa shape index (κ1) is 21.2. The highest BCUT2D eigenvalue weighted by Crippen LogP contribution is 2.40. The van der Waals surface area contributed by atoms with Crippen LogP contribution in [0.2, 0.25) is 0 Å². The van der Waals surface area contributed by atoms with Crippen molar-refractivity contribution in [3.8, 4) is 11.5 Å². The highest BCUT2D eigenvalue weighted by molar-refractivity contribution is 6.13. The predicted molar refractivity (Wildman–Crippen MR) is 96.0 cm³/mol. The third-order valence-electron chi connectivity index (χ3n) is 4.36. The smallest absolute Gasteiger partial charge is 0.336 e. The number of hydrogen-bond donors (Lipinski definition) is 4. The lowest BCUT2D eigenvalue weighted by molar-refractivity contribution is -0.155. The van der Waals surface area contributed by atoms with Gasteiger partial charge in [0, 0.05) is 11.1 Å². The number of carboxylic acid groups (broad SMARTS) is 4. The van der Waals surface area contributed by atoms with Gasteiger partial charge in [0.1, 0.15) is 11.5 Å². The molecule has 0 heterocycles. The average molecular weight is 404 g/mol. The van der Waals surface area contributed by atoms with Gasteiger partial charge in [0.15, 0.2) is 0 Å². The summed E-state index contributed by atoms with van der Waals surface area (Å²) in [6.45, 7) is 0. The Hall–Kier alpha value is -4.08. The lowest BCUT2D eigenvalue weighted by atomic mass is 9.70. The fourth-order valence-corrected chi connectivity index (χ4v) is 2.99. The summed E-state index contributed by atoms with van der Waals surface area (Å²) in [5, 5.41) is 39.0. The Kier molecular flexibility index (Phi) is 5.77. The summed E-state index contributed by atoms with van der Waals surface area (Å²) >= 11 is 0. The van der Waals surface area contributed by atoms with Crippen LogP contribution in [-0.4, -0.2) is 58.5 Å². The van der Waals surface area contributed by atoms with Crippen LogP contribution in [0.3, 0.4) is 0 Å². The van der Waals surface area contributed by atoms with Gasteiger partial charge < -0.3 is 29.9 Å². The van der Waals surface area contributed by atoms with E-state index >= 15 is 0 Å². The molecule has 29 heavy (non-hydrogen) atoms. The molecule has 0 aliphatic heterocycles. The van der Waals surface area contributed by atoms with Crippen molar-refractivity contribution in [3.05, 3.63) is 58.7 Å². The summed E-state index contributed by atoms with van der Waals surface area (Å²) in [6, 6.07) is 6.28. The molecule has 10 heteroatoms. The molecular formula is C19H16O10. The van der Waals surface area contributed by atoms with E-state index in [0.29, 0.717) is 0 Å². The second-order valence-corrected chi connectivity index (χ2v) is 5.79. The van der Waals surface area contributed by atoms with Gasteiger partial charge in [0.25, 0.3) is 0 Å². The Labute approximate surface area is 163 Å². The van der Waals surface area contributed by atoms with Gasteiger partial charge in [-0.2, -0.15) is 0 Å².